The first-order valence-corrected chi connectivity index (χ1v) is 7.43. The van der Waals surface area contributed by atoms with Crippen molar-refractivity contribution < 1.29 is 18.7 Å². The molecule has 0 radical (unpaired) electrons. The normalized spacial score (nSPS) is 10.6. The monoisotopic (exact) mass is 326 g/mol. The van der Waals surface area contributed by atoms with Crippen LogP contribution >= 0.6 is 0 Å². The highest BCUT2D eigenvalue weighted by Gasteiger charge is 2.11. The number of rotatable bonds is 4. The number of hydrogen-bond donors (Lipinski definition) is 2. The molecule has 122 valence electrons. The van der Waals surface area contributed by atoms with Crippen molar-refractivity contribution >= 4 is 28.5 Å². The summed E-state index contributed by atoms with van der Waals surface area (Å²) in [7, 11) is 0. The van der Waals surface area contributed by atoms with Gasteiger partial charge in [-0.25, -0.2) is 9.18 Å². The second-order valence-electron chi connectivity index (χ2n) is 5.17. The van der Waals surface area contributed by atoms with E-state index in [-0.39, 0.29) is 11.7 Å². The lowest BCUT2D eigenvalue weighted by molar-refractivity contribution is 0.0526. The quantitative estimate of drug-likeness (QED) is 0.718. The molecule has 0 aliphatic rings. The second kappa shape index (κ2) is 6.54. The van der Waals surface area contributed by atoms with Crippen LogP contribution in [0.2, 0.25) is 0 Å². The molecule has 0 saturated carbocycles. The molecule has 0 saturated heterocycles. The topological polar surface area (TPSA) is 71.2 Å². The van der Waals surface area contributed by atoms with Crippen molar-refractivity contribution in [2.24, 2.45) is 0 Å². The van der Waals surface area contributed by atoms with Crippen molar-refractivity contribution in [1.82, 2.24) is 4.98 Å². The summed E-state index contributed by atoms with van der Waals surface area (Å²) in [5.74, 6) is -1.13. The number of anilines is 1. The Hall–Kier alpha value is -3.15. The van der Waals surface area contributed by atoms with Gasteiger partial charge in [-0.05, 0) is 55.5 Å². The first-order chi connectivity index (χ1) is 11.6. The van der Waals surface area contributed by atoms with Crippen LogP contribution in [0.5, 0.6) is 0 Å². The smallest absolute Gasteiger partial charge is 0.338 e. The molecule has 1 amide bonds. The molecule has 5 nitrogen and oxygen atoms in total. The minimum Gasteiger partial charge on any atom is -0.462 e. The van der Waals surface area contributed by atoms with Crippen LogP contribution in [0.15, 0.2) is 48.5 Å². The average molecular weight is 326 g/mol. The predicted molar refractivity (Wildman–Crippen MR) is 88.6 cm³/mol. The third kappa shape index (κ3) is 3.27. The Morgan fingerprint density at radius 2 is 1.88 bits per heavy atom. The van der Waals surface area contributed by atoms with E-state index in [0.29, 0.717) is 29.1 Å². The number of carbonyl (C=O) groups is 2. The van der Waals surface area contributed by atoms with Crippen molar-refractivity contribution in [3.05, 3.63) is 65.6 Å². The number of H-pyrrole nitrogens is 1. The molecule has 0 bridgehead atoms. The summed E-state index contributed by atoms with van der Waals surface area (Å²) in [4.78, 5) is 26.7. The summed E-state index contributed by atoms with van der Waals surface area (Å²) >= 11 is 0. The number of ether oxygens (including phenoxy) is 1. The van der Waals surface area contributed by atoms with Crippen molar-refractivity contribution in [1.29, 1.82) is 0 Å². The molecule has 3 aromatic rings. The third-order valence-corrected chi connectivity index (χ3v) is 3.48. The Morgan fingerprint density at radius 3 is 2.58 bits per heavy atom. The first kappa shape index (κ1) is 15.7. The van der Waals surface area contributed by atoms with Gasteiger partial charge in [0.25, 0.3) is 5.91 Å². The largest absolute Gasteiger partial charge is 0.462 e. The van der Waals surface area contributed by atoms with Gasteiger partial charge in [0, 0.05) is 16.6 Å². The maximum absolute atomic E-state index is 13.2. The van der Waals surface area contributed by atoms with Crippen LogP contribution in [-0.4, -0.2) is 23.5 Å². The number of halogens is 1. The predicted octanol–water partition coefficient (Wildman–Crippen LogP) is 3.74. The number of amides is 1. The minimum atomic E-state index is -0.409. The molecule has 2 aromatic carbocycles. The van der Waals surface area contributed by atoms with E-state index in [2.05, 4.69) is 10.3 Å². The molecule has 1 heterocycles. The lowest BCUT2D eigenvalue weighted by Crippen LogP contribution is -2.12. The molecule has 0 unspecified atom stereocenters. The molecule has 0 aliphatic heterocycles. The van der Waals surface area contributed by atoms with E-state index in [0.717, 1.165) is 5.39 Å². The molecule has 0 fully saturated rings. The van der Waals surface area contributed by atoms with Gasteiger partial charge < -0.3 is 15.0 Å². The number of fused-ring (bicyclic) bond motifs is 1. The summed E-state index contributed by atoms with van der Waals surface area (Å²) in [6.45, 7) is 2.04. The standard InChI is InChI=1S/C18H15FN2O3/c1-2-24-18(23)11-4-7-14(8-5-11)20-17(22)16-9-12-3-6-13(19)10-15(12)21-16/h3-10,21H,2H2,1H3,(H,20,22). The highest BCUT2D eigenvalue weighted by atomic mass is 19.1. The molecule has 0 atom stereocenters. The van der Waals surface area contributed by atoms with Gasteiger partial charge in [-0.1, -0.05) is 0 Å². The fraction of sp³-hybridized carbons (Fsp3) is 0.111. The van der Waals surface area contributed by atoms with Gasteiger partial charge in [-0.2, -0.15) is 0 Å². The number of carbonyl (C=O) groups excluding carboxylic acids is 2. The van der Waals surface area contributed by atoms with Crippen LogP contribution in [0, 0.1) is 5.82 Å². The molecule has 24 heavy (non-hydrogen) atoms. The highest BCUT2D eigenvalue weighted by Crippen LogP contribution is 2.18. The zero-order valence-electron chi connectivity index (χ0n) is 12.9. The molecule has 0 spiro atoms. The molecule has 1 aromatic heterocycles. The number of aromatic nitrogens is 1. The third-order valence-electron chi connectivity index (χ3n) is 3.48. The summed E-state index contributed by atoms with van der Waals surface area (Å²) < 4.78 is 18.1. The van der Waals surface area contributed by atoms with E-state index in [1.54, 1.807) is 43.3 Å². The maximum atomic E-state index is 13.2. The van der Waals surface area contributed by atoms with E-state index in [1.807, 2.05) is 0 Å². The number of nitrogens with one attached hydrogen (secondary N) is 2. The van der Waals surface area contributed by atoms with E-state index >= 15 is 0 Å². The van der Waals surface area contributed by atoms with Crippen LogP contribution in [0.3, 0.4) is 0 Å². The Bertz CT molecular complexity index is 900. The van der Waals surface area contributed by atoms with Crippen molar-refractivity contribution in [2.45, 2.75) is 6.92 Å². The van der Waals surface area contributed by atoms with Gasteiger partial charge in [0.1, 0.15) is 11.5 Å². The lowest BCUT2D eigenvalue weighted by atomic mass is 10.2. The second-order valence-corrected chi connectivity index (χ2v) is 5.17. The van der Waals surface area contributed by atoms with Crippen LogP contribution in [0.4, 0.5) is 10.1 Å². The Balaban J connectivity index is 1.74. The highest BCUT2D eigenvalue weighted by molar-refractivity contribution is 6.06. The van der Waals surface area contributed by atoms with E-state index < -0.39 is 5.97 Å². The summed E-state index contributed by atoms with van der Waals surface area (Å²) in [5.41, 5.74) is 1.83. The summed E-state index contributed by atoms with van der Waals surface area (Å²) in [6, 6.07) is 12.3. The van der Waals surface area contributed by atoms with Crippen molar-refractivity contribution in [3.8, 4) is 0 Å². The number of benzene rings is 2. The Morgan fingerprint density at radius 1 is 1.12 bits per heavy atom. The van der Waals surface area contributed by atoms with Gasteiger partial charge in [0.05, 0.1) is 12.2 Å². The van der Waals surface area contributed by atoms with Gasteiger partial charge >= 0.3 is 5.97 Å². The fourth-order valence-corrected chi connectivity index (χ4v) is 2.32. The van der Waals surface area contributed by atoms with E-state index in [4.69, 9.17) is 4.74 Å². The number of aromatic amines is 1. The number of hydrogen-bond acceptors (Lipinski definition) is 3. The van der Waals surface area contributed by atoms with Gasteiger partial charge in [0.2, 0.25) is 0 Å². The Kier molecular flexibility index (Phi) is 4.29. The molecule has 3 rings (SSSR count). The molecule has 0 aliphatic carbocycles. The maximum Gasteiger partial charge on any atom is 0.338 e. The molecule has 2 N–H and O–H groups in total. The van der Waals surface area contributed by atoms with Gasteiger partial charge in [-0.15, -0.1) is 0 Å². The minimum absolute atomic E-state index is 0.304. The average Bonchev–Trinajstić information content (AvgIpc) is 2.99. The molecular weight excluding hydrogens is 311 g/mol. The van der Waals surface area contributed by atoms with Crippen LogP contribution in [-0.2, 0) is 4.74 Å². The summed E-state index contributed by atoms with van der Waals surface area (Å²) in [6.07, 6.45) is 0. The zero-order chi connectivity index (χ0) is 17.1. The van der Waals surface area contributed by atoms with Crippen LogP contribution in [0.25, 0.3) is 10.9 Å². The summed E-state index contributed by atoms with van der Waals surface area (Å²) in [5, 5.41) is 3.47. The van der Waals surface area contributed by atoms with Crippen molar-refractivity contribution in [3.63, 3.8) is 0 Å². The van der Waals surface area contributed by atoms with Crippen molar-refractivity contribution in [2.75, 3.05) is 11.9 Å². The van der Waals surface area contributed by atoms with E-state index in [1.165, 1.54) is 12.1 Å². The molecular formula is C18H15FN2O3. The zero-order valence-corrected chi connectivity index (χ0v) is 12.9. The van der Waals surface area contributed by atoms with Gasteiger partial charge in [0.15, 0.2) is 0 Å². The Labute approximate surface area is 137 Å². The number of esters is 1. The lowest BCUT2D eigenvalue weighted by Gasteiger charge is -2.05. The van der Waals surface area contributed by atoms with E-state index in [9.17, 15) is 14.0 Å². The molecule has 6 heteroatoms. The first-order valence-electron chi connectivity index (χ1n) is 7.43. The van der Waals surface area contributed by atoms with Gasteiger partial charge in [-0.3, -0.25) is 4.79 Å². The van der Waals surface area contributed by atoms with Crippen LogP contribution in [0.1, 0.15) is 27.8 Å². The van der Waals surface area contributed by atoms with Crippen LogP contribution < -0.4 is 5.32 Å². The SMILES string of the molecule is CCOC(=O)c1ccc(NC(=O)c2cc3ccc(F)cc3[nH]2)cc1. The fourth-order valence-electron chi connectivity index (χ4n) is 2.32.